The van der Waals surface area contributed by atoms with E-state index in [1.54, 1.807) is 53.9 Å². The monoisotopic (exact) mass is 919 g/mol. The average Bonchev–Trinajstić information content (AvgIpc) is 3.81. The molecular formula is C47H53NO16S. The molecule has 3 aliphatic carbocycles. The van der Waals surface area contributed by atoms with Crippen LogP contribution in [0.5, 0.6) is 11.5 Å². The number of amides is 1. The number of hydrogen-bond donors (Lipinski definition) is 4. The molecule has 2 aromatic carbocycles. The van der Waals surface area contributed by atoms with Gasteiger partial charge in [-0.25, -0.2) is 9.59 Å². The quantitative estimate of drug-likeness (QED) is 0.115. The Labute approximate surface area is 378 Å². The molecule has 17 nitrogen and oxygen atoms in total. The van der Waals surface area contributed by atoms with Crippen molar-refractivity contribution in [3.05, 3.63) is 93.2 Å². The molecule has 1 aliphatic heterocycles. The first-order valence-corrected chi connectivity index (χ1v) is 21.9. The molecule has 1 aromatic heterocycles. The third-order valence-electron chi connectivity index (χ3n) is 13.8. The molecule has 0 radical (unpaired) electrons. The van der Waals surface area contributed by atoms with Gasteiger partial charge in [0, 0.05) is 42.5 Å². The Hall–Kier alpha value is -5.66. The van der Waals surface area contributed by atoms with E-state index < -0.39 is 113 Å². The van der Waals surface area contributed by atoms with E-state index >= 15 is 4.79 Å². The van der Waals surface area contributed by atoms with Crippen LogP contribution in [0.4, 0.5) is 0 Å². The lowest BCUT2D eigenvalue weighted by Crippen LogP contribution is -2.82. The van der Waals surface area contributed by atoms with Crippen molar-refractivity contribution in [2.45, 2.75) is 108 Å². The normalized spacial score (nSPS) is 30.9. The Kier molecular flexibility index (Phi) is 12.8. The summed E-state index contributed by atoms with van der Waals surface area (Å²) < 4.78 is 41.4. The number of methoxy groups -OCH3 is 2. The standard InChI is InChI=1S/C47H53NO16S/c1-23-30(62-43(56)36(52)35(31-15-12-18-65-31)48-41(54)26-13-10-9-11-14-26)21-47(57)40(63-42(55)28-19-27(58-7)16-17-29(28)59-8)38-45(6,32(51)20-33-46(38,22-60-33)64-25(3)50)39(53)37(61-24(2)49)34(23)44(47,4)5/h9-19,30,32-33,35-38,40,51-52,57H,20-22H2,1-8H3,(H,48,54)/t30-,32-,33+,35-,36+,37+,38-,40-,45+,46-,47+/m0/s1. The predicted molar refractivity (Wildman–Crippen MR) is 229 cm³/mol. The molecule has 11 atom stereocenters. The Balaban J connectivity index is 1.41. The van der Waals surface area contributed by atoms with E-state index in [-0.39, 0.29) is 46.8 Å². The maximum Gasteiger partial charge on any atom is 0.342 e. The van der Waals surface area contributed by atoms with E-state index in [2.05, 4.69) is 5.32 Å². The number of thiophene rings is 1. The van der Waals surface area contributed by atoms with Crippen LogP contribution < -0.4 is 14.8 Å². The molecule has 1 saturated heterocycles. The highest BCUT2D eigenvalue weighted by atomic mass is 32.1. The van der Waals surface area contributed by atoms with Gasteiger partial charge in [-0.3, -0.25) is 19.2 Å². The van der Waals surface area contributed by atoms with Crippen LogP contribution in [0, 0.1) is 16.7 Å². The predicted octanol–water partition coefficient (Wildman–Crippen LogP) is 3.81. The number of rotatable bonds is 12. The molecule has 0 unspecified atom stereocenters. The molecule has 3 fully saturated rings. The number of Topliss-reactive ketones (excluding diaryl/α,β-unsaturated/α-hetero) is 1. The number of carbonyl (C=O) groups excluding carboxylic acids is 6. The molecule has 0 spiro atoms. The number of ketones is 1. The maximum atomic E-state index is 15.6. The zero-order chi connectivity index (χ0) is 47.4. The summed E-state index contributed by atoms with van der Waals surface area (Å²) in [5, 5.41) is 42.2. The number of ether oxygens (including phenoxy) is 7. The number of nitrogens with one attached hydrogen (secondary N) is 1. The van der Waals surface area contributed by atoms with Crippen molar-refractivity contribution in [2.75, 3.05) is 20.8 Å². The van der Waals surface area contributed by atoms with Crippen LogP contribution in [-0.4, -0.2) is 120 Å². The van der Waals surface area contributed by atoms with Crippen LogP contribution >= 0.6 is 11.3 Å². The number of fused-ring (bicyclic) bond motifs is 5. The SMILES string of the molecule is COc1ccc(OC)c(C(=O)O[C@H]2[C@@H]3[C@]4(OC(C)=O)CO[C@@H]4C[C@H](O)[C@@]3(C)C(=O)[C@H](OC(C)=O)C3=C(C)[C@@H](OC(=O)[C@H](O)[C@@H](NC(=O)c4ccccc4)c4cccs4)C[C@]2(O)C3(C)C)c1. The molecule has 4 aliphatic rings. The number of carbonyl (C=O) groups is 6. The van der Waals surface area contributed by atoms with Gasteiger partial charge in [0.05, 0.1) is 38.3 Å². The van der Waals surface area contributed by atoms with E-state index in [9.17, 15) is 39.3 Å². The first-order chi connectivity index (χ1) is 30.7. The number of aliphatic hydroxyl groups excluding tert-OH is 2. The Morgan fingerprint density at radius 1 is 0.923 bits per heavy atom. The van der Waals surface area contributed by atoms with Gasteiger partial charge in [-0.1, -0.05) is 38.1 Å². The minimum atomic E-state index is -2.47. The second-order valence-corrected chi connectivity index (χ2v) is 18.6. The van der Waals surface area contributed by atoms with Crippen molar-refractivity contribution in [3.63, 3.8) is 0 Å². The van der Waals surface area contributed by atoms with Gasteiger partial charge in [0.15, 0.2) is 23.6 Å². The third-order valence-corrected chi connectivity index (χ3v) is 14.7. The molecule has 18 heteroatoms. The molecular weight excluding hydrogens is 867 g/mol. The average molecular weight is 920 g/mol. The summed E-state index contributed by atoms with van der Waals surface area (Å²) in [6.45, 7) is 7.82. The summed E-state index contributed by atoms with van der Waals surface area (Å²) in [4.78, 5) is 84.7. The second-order valence-electron chi connectivity index (χ2n) is 17.7. The molecule has 2 saturated carbocycles. The second kappa shape index (κ2) is 17.6. The molecule has 2 heterocycles. The van der Waals surface area contributed by atoms with Crippen molar-refractivity contribution in [2.24, 2.45) is 16.7 Å². The zero-order valence-corrected chi connectivity index (χ0v) is 38.0. The van der Waals surface area contributed by atoms with Gasteiger partial charge < -0.3 is 53.8 Å². The Morgan fingerprint density at radius 2 is 1.63 bits per heavy atom. The number of esters is 4. The first kappa shape index (κ1) is 47.3. The molecule has 1 amide bonds. The van der Waals surface area contributed by atoms with Crippen molar-refractivity contribution in [1.82, 2.24) is 5.32 Å². The minimum absolute atomic E-state index is 0.0358. The number of hydrogen-bond acceptors (Lipinski definition) is 17. The number of benzene rings is 2. The van der Waals surface area contributed by atoms with Crippen LogP contribution in [0.3, 0.4) is 0 Å². The third kappa shape index (κ3) is 7.88. The van der Waals surface area contributed by atoms with Gasteiger partial charge in [-0.05, 0) is 66.8 Å². The smallest absolute Gasteiger partial charge is 0.342 e. The van der Waals surface area contributed by atoms with Crippen LogP contribution in [0.15, 0.2) is 77.2 Å². The Bertz CT molecular complexity index is 2400. The van der Waals surface area contributed by atoms with E-state index in [4.69, 9.17) is 33.2 Å². The summed E-state index contributed by atoms with van der Waals surface area (Å²) >= 11 is 1.16. The lowest BCUT2D eigenvalue weighted by atomic mass is 9.44. The lowest BCUT2D eigenvalue weighted by Gasteiger charge is -2.67. The van der Waals surface area contributed by atoms with Crippen LogP contribution in [0.25, 0.3) is 0 Å². The molecule has 348 valence electrons. The summed E-state index contributed by atoms with van der Waals surface area (Å²) in [5.41, 5.74) is -7.94. The molecule has 2 bridgehead atoms. The zero-order valence-electron chi connectivity index (χ0n) is 37.1. The molecule has 7 rings (SSSR count). The number of aliphatic hydroxyl groups is 3. The van der Waals surface area contributed by atoms with Gasteiger partial charge >= 0.3 is 23.9 Å². The summed E-state index contributed by atoms with van der Waals surface area (Å²) in [5.74, 6) is -6.88. The van der Waals surface area contributed by atoms with Crippen LogP contribution in [0.2, 0.25) is 0 Å². The fourth-order valence-electron chi connectivity index (χ4n) is 10.3. The topological polar surface area (TPSA) is 240 Å². The molecule has 3 aromatic rings. The highest BCUT2D eigenvalue weighted by Crippen LogP contribution is 2.64. The van der Waals surface area contributed by atoms with Crippen molar-refractivity contribution in [3.8, 4) is 11.5 Å². The highest BCUT2D eigenvalue weighted by molar-refractivity contribution is 7.10. The van der Waals surface area contributed by atoms with Gasteiger partial charge in [0.2, 0.25) is 0 Å². The molecule has 4 N–H and O–H groups in total. The van der Waals surface area contributed by atoms with Crippen molar-refractivity contribution in [1.29, 1.82) is 0 Å². The maximum absolute atomic E-state index is 15.6. The van der Waals surface area contributed by atoms with E-state index in [0.717, 1.165) is 25.2 Å². The summed E-state index contributed by atoms with van der Waals surface area (Å²) in [6, 6.07) is 14.5. The summed E-state index contributed by atoms with van der Waals surface area (Å²) in [6.07, 6.45) is -10.9. The molecule has 65 heavy (non-hydrogen) atoms. The van der Waals surface area contributed by atoms with Crippen LogP contribution in [-0.2, 0) is 42.9 Å². The minimum Gasteiger partial charge on any atom is -0.497 e. The van der Waals surface area contributed by atoms with Gasteiger partial charge in [0.1, 0.15) is 47.0 Å². The lowest BCUT2D eigenvalue weighted by molar-refractivity contribution is -0.346. The largest absolute Gasteiger partial charge is 0.497 e. The van der Waals surface area contributed by atoms with Gasteiger partial charge in [-0.2, -0.15) is 0 Å². The Morgan fingerprint density at radius 3 is 2.22 bits per heavy atom. The first-order valence-electron chi connectivity index (χ1n) is 21.0. The highest BCUT2D eigenvalue weighted by Gasteiger charge is 2.78. The van der Waals surface area contributed by atoms with Crippen molar-refractivity contribution >= 4 is 46.9 Å². The van der Waals surface area contributed by atoms with E-state index in [1.165, 1.54) is 54.0 Å². The fraction of sp³-hybridized carbons (Fsp3) is 0.489. The van der Waals surface area contributed by atoms with Crippen LogP contribution in [0.1, 0.15) is 86.0 Å². The van der Waals surface area contributed by atoms with E-state index in [0.29, 0.717) is 4.88 Å². The fourth-order valence-corrected chi connectivity index (χ4v) is 11.2. The van der Waals surface area contributed by atoms with E-state index in [1.807, 2.05) is 0 Å². The van der Waals surface area contributed by atoms with Gasteiger partial charge in [0.25, 0.3) is 5.91 Å². The van der Waals surface area contributed by atoms with Crippen molar-refractivity contribution < 1.29 is 77.2 Å². The van der Waals surface area contributed by atoms with Gasteiger partial charge in [-0.15, -0.1) is 11.3 Å². The summed E-state index contributed by atoms with van der Waals surface area (Å²) in [7, 11) is 2.71.